The number of amides is 1. The second kappa shape index (κ2) is 5.98. The number of hydrogen-bond acceptors (Lipinski definition) is 5. The van der Waals surface area contributed by atoms with E-state index in [1.54, 1.807) is 42.3 Å². The Kier molecular flexibility index (Phi) is 3.88. The molecule has 0 aliphatic rings. The summed E-state index contributed by atoms with van der Waals surface area (Å²) in [6.45, 7) is 0. The minimum atomic E-state index is -0.199. The van der Waals surface area contributed by atoms with Crippen molar-refractivity contribution in [3.63, 3.8) is 0 Å². The van der Waals surface area contributed by atoms with Gasteiger partial charge in [-0.3, -0.25) is 14.8 Å². The summed E-state index contributed by atoms with van der Waals surface area (Å²) in [6, 6.07) is 6.92. The molecule has 3 rings (SSSR count). The number of nitrogens with one attached hydrogen (secondary N) is 1. The topological polar surface area (TPSA) is 69.0 Å². The molecule has 3 aromatic rings. The number of carbonyl (C=O) groups is 1. The summed E-state index contributed by atoms with van der Waals surface area (Å²) < 4.78 is 6.78. The molecule has 1 amide bonds. The van der Waals surface area contributed by atoms with Gasteiger partial charge in [-0.05, 0) is 24.3 Å². The van der Waals surface area contributed by atoms with E-state index in [-0.39, 0.29) is 5.91 Å². The molecular formula is C15H14N4O2S. The molecule has 6 nitrogen and oxygen atoms in total. The molecule has 0 unspecified atom stereocenters. The molecule has 2 heterocycles. The fourth-order valence-electron chi connectivity index (χ4n) is 1.93. The van der Waals surface area contributed by atoms with E-state index in [1.807, 2.05) is 18.6 Å². The highest BCUT2D eigenvalue weighted by atomic mass is 32.1. The van der Waals surface area contributed by atoms with E-state index < -0.39 is 0 Å². The van der Waals surface area contributed by atoms with Crippen LogP contribution in [-0.2, 0) is 7.05 Å². The second-order valence-corrected chi connectivity index (χ2v) is 5.48. The van der Waals surface area contributed by atoms with Crippen molar-refractivity contribution in [2.45, 2.75) is 0 Å². The molecule has 1 aromatic carbocycles. The number of benzene rings is 1. The van der Waals surface area contributed by atoms with Gasteiger partial charge in [0.2, 0.25) is 0 Å². The van der Waals surface area contributed by atoms with E-state index in [4.69, 9.17) is 4.74 Å². The molecule has 22 heavy (non-hydrogen) atoms. The summed E-state index contributed by atoms with van der Waals surface area (Å²) in [5.41, 5.74) is 2.27. The number of nitrogens with zero attached hydrogens (tertiary/aromatic N) is 3. The predicted molar refractivity (Wildman–Crippen MR) is 85.3 cm³/mol. The summed E-state index contributed by atoms with van der Waals surface area (Å²) in [6.07, 6.45) is 3.62. The zero-order valence-corrected chi connectivity index (χ0v) is 12.9. The van der Waals surface area contributed by atoms with Gasteiger partial charge in [0.05, 0.1) is 19.0 Å². The Morgan fingerprint density at radius 1 is 1.32 bits per heavy atom. The van der Waals surface area contributed by atoms with Crippen molar-refractivity contribution >= 4 is 22.4 Å². The normalized spacial score (nSPS) is 10.5. The van der Waals surface area contributed by atoms with Crippen LogP contribution in [0.3, 0.4) is 0 Å². The molecule has 112 valence electrons. The number of ether oxygens (including phenoxy) is 1. The average molecular weight is 314 g/mol. The number of aryl methyl sites for hydroxylation is 1. The van der Waals surface area contributed by atoms with E-state index in [9.17, 15) is 4.79 Å². The lowest BCUT2D eigenvalue weighted by molar-refractivity contribution is 0.102. The van der Waals surface area contributed by atoms with Gasteiger partial charge in [0, 0.05) is 29.8 Å². The van der Waals surface area contributed by atoms with Gasteiger partial charge in [-0.2, -0.15) is 5.10 Å². The van der Waals surface area contributed by atoms with Gasteiger partial charge in [-0.25, -0.2) is 4.98 Å². The van der Waals surface area contributed by atoms with E-state index in [2.05, 4.69) is 15.4 Å². The Morgan fingerprint density at radius 3 is 2.73 bits per heavy atom. The first-order valence-corrected chi connectivity index (χ1v) is 7.43. The van der Waals surface area contributed by atoms with Crippen LogP contribution in [0.25, 0.3) is 11.3 Å². The Bertz CT molecular complexity index is 792. The maximum atomic E-state index is 12.2. The fraction of sp³-hybridized carbons (Fsp3) is 0.133. The molecule has 0 aliphatic carbocycles. The Balaban J connectivity index is 1.72. The molecule has 0 fully saturated rings. The standard InChI is InChI=1S/C15H14N4O2S/c1-19-8-11(7-16-19)13-9-22-15(17-13)18-14(20)10-3-5-12(21-2)6-4-10/h3-9H,1-2H3,(H,17,18,20). The maximum absolute atomic E-state index is 12.2. The lowest BCUT2D eigenvalue weighted by Gasteiger charge is -2.03. The number of rotatable bonds is 4. The van der Waals surface area contributed by atoms with Crippen molar-refractivity contribution in [1.82, 2.24) is 14.8 Å². The van der Waals surface area contributed by atoms with Gasteiger partial charge in [0.15, 0.2) is 5.13 Å². The van der Waals surface area contributed by atoms with Crippen molar-refractivity contribution in [3.05, 3.63) is 47.6 Å². The first kappa shape index (κ1) is 14.3. The van der Waals surface area contributed by atoms with E-state index in [0.29, 0.717) is 16.4 Å². The van der Waals surface area contributed by atoms with Crippen LogP contribution >= 0.6 is 11.3 Å². The number of methoxy groups -OCH3 is 1. The first-order chi connectivity index (χ1) is 10.7. The largest absolute Gasteiger partial charge is 0.497 e. The molecule has 1 N–H and O–H groups in total. The third-order valence-corrected chi connectivity index (χ3v) is 3.84. The van der Waals surface area contributed by atoms with Crippen LogP contribution in [0, 0.1) is 0 Å². The van der Waals surface area contributed by atoms with Gasteiger partial charge < -0.3 is 4.74 Å². The molecule has 0 bridgehead atoms. The van der Waals surface area contributed by atoms with Gasteiger partial charge >= 0.3 is 0 Å². The predicted octanol–water partition coefficient (Wildman–Crippen LogP) is 2.80. The van der Waals surface area contributed by atoms with Crippen LogP contribution in [0.1, 0.15) is 10.4 Å². The van der Waals surface area contributed by atoms with Crippen molar-refractivity contribution in [2.75, 3.05) is 12.4 Å². The number of aromatic nitrogens is 3. The van der Waals surface area contributed by atoms with Crippen LogP contribution in [0.2, 0.25) is 0 Å². The molecule has 2 aromatic heterocycles. The summed E-state index contributed by atoms with van der Waals surface area (Å²) in [7, 11) is 3.44. The van der Waals surface area contributed by atoms with Gasteiger partial charge in [0.1, 0.15) is 5.75 Å². The SMILES string of the molecule is COc1ccc(C(=O)Nc2nc(-c3cnn(C)c3)cs2)cc1. The molecule has 0 spiro atoms. The fourth-order valence-corrected chi connectivity index (χ4v) is 2.64. The summed E-state index contributed by atoms with van der Waals surface area (Å²) >= 11 is 1.38. The van der Waals surface area contributed by atoms with Gasteiger partial charge in [-0.15, -0.1) is 11.3 Å². The van der Waals surface area contributed by atoms with E-state index in [1.165, 1.54) is 11.3 Å². The zero-order chi connectivity index (χ0) is 15.5. The Labute approximate surface area is 131 Å². The number of thiazole rings is 1. The highest BCUT2D eigenvalue weighted by Gasteiger charge is 2.11. The molecule has 0 saturated heterocycles. The van der Waals surface area contributed by atoms with Crippen molar-refractivity contribution < 1.29 is 9.53 Å². The molecule has 7 heteroatoms. The van der Waals surface area contributed by atoms with Crippen LogP contribution in [0.4, 0.5) is 5.13 Å². The lowest BCUT2D eigenvalue weighted by Crippen LogP contribution is -2.11. The lowest BCUT2D eigenvalue weighted by atomic mass is 10.2. The van der Waals surface area contributed by atoms with Crippen LogP contribution < -0.4 is 10.1 Å². The molecular weight excluding hydrogens is 300 g/mol. The second-order valence-electron chi connectivity index (χ2n) is 4.62. The van der Waals surface area contributed by atoms with Gasteiger partial charge in [-0.1, -0.05) is 0 Å². The minimum absolute atomic E-state index is 0.199. The Hall–Kier alpha value is -2.67. The van der Waals surface area contributed by atoms with Crippen LogP contribution in [-0.4, -0.2) is 27.8 Å². The summed E-state index contributed by atoms with van der Waals surface area (Å²) in [5.74, 6) is 0.513. The van der Waals surface area contributed by atoms with Crippen LogP contribution in [0.15, 0.2) is 42.0 Å². The van der Waals surface area contributed by atoms with Crippen molar-refractivity contribution in [2.24, 2.45) is 7.05 Å². The minimum Gasteiger partial charge on any atom is -0.497 e. The van der Waals surface area contributed by atoms with Crippen molar-refractivity contribution in [1.29, 1.82) is 0 Å². The molecule has 0 radical (unpaired) electrons. The molecule has 0 saturated carbocycles. The first-order valence-electron chi connectivity index (χ1n) is 6.55. The maximum Gasteiger partial charge on any atom is 0.257 e. The van der Waals surface area contributed by atoms with E-state index >= 15 is 0 Å². The Morgan fingerprint density at radius 2 is 2.09 bits per heavy atom. The number of hydrogen-bond donors (Lipinski definition) is 1. The average Bonchev–Trinajstić information content (AvgIpc) is 3.16. The highest BCUT2D eigenvalue weighted by molar-refractivity contribution is 7.14. The number of anilines is 1. The third kappa shape index (κ3) is 2.99. The quantitative estimate of drug-likeness (QED) is 0.804. The van der Waals surface area contributed by atoms with Crippen molar-refractivity contribution in [3.8, 4) is 17.0 Å². The number of carbonyl (C=O) groups excluding carboxylic acids is 1. The summed E-state index contributed by atoms with van der Waals surface area (Å²) in [4.78, 5) is 16.6. The molecule has 0 aliphatic heterocycles. The monoisotopic (exact) mass is 314 g/mol. The smallest absolute Gasteiger partial charge is 0.257 e. The summed E-state index contributed by atoms with van der Waals surface area (Å²) in [5, 5.41) is 9.35. The molecule has 0 atom stereocenters. The van der Waals surface area contributed by atoms with Gasteiger partial charge in [0.25, 0.3) is 5.91 Å². The zero-order valence-electron chi connectivity index (χ0n) is 12.1. The highest BCUT2D eigenvalue weighted by Crippen LogP contribution is 2.24. The third-order valence-electron chi connectivity index (χ3n) is 3.08. The van der Waals surface area contributed by atoms with E-state index in [0.717, 1.165) is 11.3 Å². The van der Waals surface area contributed by atoms with Crippen LogP contribution in [0.5, 0.6) is 5.75 Å².